The van der Waals surface area contributed by atoms with Crippen LogP contribution in [0, 0.1) is 6.92 Å². The average molecular weight is 351 g/mol. The highest BCUT2D eigenvalue weighted by atomic mass is 79.9. The van der Waals surface area contributed by atoms with Crippen molar-refractivity contribution in [2.24, 2.45) is 0 Å². The van der Waals surface area contributed by atoms with Gasteiger partial charge in [0.25, 0.3) is 0 Å². The van der Waals surface area contributed by atoms with E-state index in [1.807, 2.05) is 43.3 Å². The number of pyridine rings is 1. The van der Waals surface area contributed by atoms with Crippen LogP contribution in [0.25, 0.3) is 10.9 Å². The number of aromatic amines is 1. The second-order valence-electron chi connectivity index (χ2n) is 4.58. The lowest BCUT2D eigenvalue weighted by atomic mass is 10.2. The van der Waals surface area contributed by atoms with Gasteiger partial charge >= 0.3 is 0 Å². The summed E-state index contributed by atoms with van der Waals surface area (Å²) in [7, 11) is 0. The van der Waals surface area contributed by atoms with E-state index < -0.39 is 0 Å². The summed E-state index contributed by atoms with van der Waals surface area (Å²) < 4.78 is 0.837. The number of H-pyrrole nitrogens is 1. The van der Waals surface area contributed by atoms with Crippen LogP contribution >= 0.6 is 27.5 Å². The number of nitrogens with zero attached hydrogens (tertiary/aromatic N) is 1. The number of aromatic nitrogens is 2. The van der Waals surface area contributed by atoms with E-state index in [4.69, 9.17) is 11.6 Å². The maximum atomic E-state index is 6.39. The fourth-order valence-corrected chi connectivity index (χ4v) is 2.86. The summed E-state index contributed by atoms with van der Waals surface area (Å²) in [6, 6.07) is 11.9. The first kappa shape index (κ1) is 13.5. The molecule has 102 valence electrons. The number of aryl methyl sites for hydroxylation is 1. The molecule has 1 aromatic carbocycles. The van der Waals surface area contributed by atoms with E-state index in [9.17, 15) is 0 Å². The van der Waals surface area contributed by atoms with E-state index in [0.717, 1.165) is 37.6 Å². The van der Waals surface area contributed by atoms with Crippen LogP contribution in [-0.2, 0) is 6.54 Å². The Labute approximate surface area is 130 Å². The summed E-state index contributed by atoms with van der Waals surface area (Å²) in [6.45, 7) is 2.61. The molecule has 3 nitrogen and oxygen atoms in total. The van der Waals surface area contributed by atoms with Crippen LogP contribution in [0.15, 0.2) is 41.0 Å². The fourth-order valence-electron chi connectivity index (χ4n) is 2.19. The lowest BCUT2D eigenvalue weighted by molar-refractivity contribution is 1.06. The molecule has 0 bridgehead atoms. The van der Waals surface area contributed by atoms with Crippen LogP contribution in [0.5, 0.6) is 0 Å². The van der Waals surface area contributed by atoms with Gasteiger partial charge in [-0.1, -0.05) is 29.8 Å². The molecule has 0 amide bonds. The maximum Gasteiger partial charge on any atom is 0.106 e. The Balaban J connectivity index is 1.85. The van der Waals surface area contributed by atoms with E-state index in [0.29, 0.717) is 6.54 Å². The zero-order valence-electron chi connectivity index (χ0n) is 10.9. The molecule has 3 rings (SSSR count). The van der Waals surface area contributed by atoms with Crippen molar-refractivity contribution >= 4 is 44.1 Å². The number of hydrogen-bond donors (Lipinski definition) is 2. The Hall–Kier alpha value is -1.52. The van der Waals surface area contributed by atoms with Crippen LogP contribution < -0.4 is 5.32 Å². The molecular formula is C15H13BrClN3. The summed E-state index contributed by atoms with van der Waals surface area (Å²) >= 11 is 9.76. The van der Waals surface area contributed by atoms with E-state index in [-0.39, 0.29) is 0 Å². The largest absolute Gasteiger partial charge is 0.378 e. The lowest BCUT2D eigenvalue weighted by Crippen LogP contribution is -2.02. The normalized spacial score (nSPS) is 10.9. The SMILES string of the molecule is Cc1nc(Br)ccc1NCc1[nH]c2ccccc2c1Cl. The second kappa shape index (κ2) is 5.46. The van der Waals surface area contributed by atoms with Crippen molar-refractivity contribution in [3.05, 3.63) is 57.4 Å². The number of hydrogen-bond acceptors (Lipinski definition) is 2. The van der Waals surface area contributed by atoms with Crippen LogP contribution in [0.2, 0.25) is 5.02 Å². The number of anilines is 1. The summed E-state index contributed by atoms with van der Waals surface area (Å²) in [5.74, 6) is 0. The summed E-state index contributed by atoms with van der Waals surface area (Å²) in [6.07, 6.45) is 0. The predicted molar refractivity (Wildman–Crippen MR) is 87.3 cm³/mol. The molecule has 0 saturated heterocycles. The number of halogens is 2. The predicted octanol–water partition coefficient (Wildman–Crippen LogP) is 4.90. The van der Waals surface area contributed by atoms with Crippen molar-refractivity contribution in [1.29, 1.82) is 0 Å². The van der Waals surface area contributed by atoms with Gasteiger partial charge in [0, 0.05) is 10.9 Å². The summed E-state index contributed by atoms with van der Waals surface area (Å²) in [4.78, 5) is 7.70. The van der Waals surface area contributed by atoms with Crippen LogP contribution in [0.1, 0.15) is 11.4 Å². The van der Waals surface area contributed by atoms with Gasteiger partial charge in [-0.2, -0.15) is 0 Å². The van der Waals surface area contributed by atoms with Crippen molar-refractivity contribution in [2.75, 3.05) is 5.32 Å². The third-order valence-electron chi connectivity index (χ3n) is 3.22. The molecule has 5 heteroatoms. The molecule has 0 unspecified atom stereocenters. The minimum atomic E-state index is 0.637. The zero-order valence-corrected chi connectivity index (χ0v) is 13.2. The van der Waals surface area contributed by atoms with Gasteiger partial charge < -0.3 is 10.3 Å². The number of rotatable bonds is 3. The molecule has 0 fully saturated rings. The molecule has 0 atom stereocenters. The molecule has 0 aliphatic heterocycles. The molecule has 0 saturated carbocycles. The molecular weight excluding hydrogens is 338 g/mol. The standard InChI is InChI=1S/C15H13BrClN3/c1-9-11(6-7-14(16)19-9)18-8-13-15(17)10-4-2-3-5-12(10)20-13/h2-7,18,20H,8H2,1H3. The third-order valence-corrected chi connectivity index (χ3v) is 4.09. The van der Waals surface area contributed by atoms with Crippen LogP contribution in [0.4, 0.5) is 5.69 Å². The minimum Gasteiger partial charge on any atom is -0.378 e. The van der Waals surface area contributed by atoms with Gasteiger partial charge in [-0.05, 0) is 41.1 Å². The van der Waals surface area contributed by atoms with Gasteiger partial charge in [0.05, 0.1) is 28.6 Å². The Morgan fingerprint density at radius 3 is 2.80 bits per heavy atom. The van der Waals surface area contributed by atoms with E-state index >= 15 is 0 Å². The van der Waals surface area contributed by atoms with Crippen molar-refractivity contribution in [3.8, 4) is 0 Å². The summed E-state index contributed by atoms with van der Waals surface area (Å²) in [5.41, 5.74) is 3.99. The van der Waals surface area contributed by atoms with Gasteiger partial charge in [-0.25, -0.2) is 4.98 Å². The Bertz CT molecular complexity index is 767. The van der Waals surface area contributed by atoms with Gasteiger partial charge in [0.2, 0.25) is 0 Å². The van der Waals surface area contributed by atoms with Crippen molar-refractivity contribution in [2.45, 2.75) is 13.5 Å². The first-order valence-electron chi connectivity index (χ1n) is 6.27. The van der Waals surface area contributed by atoms with E-state index in [1.165, 1.54) is 0 Å². The smallest absolute Gasteiger partial charge is 0.106 e. The molecule has 20 heavy (non-hydrogen) atoms. The van der Waals surface area contributed by atoms with E-state index in [1.54, 1.807) is 0 Å². The third kappa shape index (κ3) is 2.53. The van der Waals surface area contributed by atoms with Gasteiger partial charge in [-0.15, -0.1) is 0 Å². The van der Waals surface area contributed by atoms with Crippen LogP contribution in [-0.4, -0.2) is 9.97 Å². The van der Waals surface area contributed by atoms with Crippen molar-refractivity contribution in [1.82, 2.24) is 9.97 Å². The highest BCUT2D eigenvalue weighted by Gasteiger charge is 2.09. The minimum absolute atomic E-state index is 0.637. The molecule has 0 spiro atoms. The molecule has 2 aromatic heterocycles. The number of nitrogens with one attached hydrogen (secondary N) is 2. The molecule has 2 heterocycles. The zero-order chi connectivity index (χ0) is 14.1. The first-order chi connectivity index (χ1) is 9.65. The number of benzene rings is 1. The van der Waals surface area contributed by atoms with Crippen molar-refractivity contribution < 1.29 is 0 Å². The van der Waals surface area contributed by atoms with Crippen LogP contribution in [0.3, 0.4) is 0 Å². The molecule has 0 aliphatic carbocycles. The molecule has 0 aliphatic rings. The Kier molecular flexibility index (Phi) is 3.68. The van der Waals surface area contributed by atoms with Gasteiger partial charge in [0.1, 0.15) is 4.60 Å². The Morgan fingerprint density at radius 1 is 1.25 bits per heavy atom. The highest BCUT2D eigenvalue weighted by molar-refractivity contribution is 9.10. The molecule has 0 radical (unpaired) electrons. The topological polar surface area (TPSA) is 40.7 Å². The highest BCUT2D eigenvalue weighted by Crippen LogP contribution is 2.28. The number of para-hydroxylation sites is 1. The van der Waals surface area contributed by atoms with Crippen molar-refractivity contribution in [3.63, 3.8) is 0 Å². The first-order valence-corrected chi connectivity index (χ1v) is 7.44. The average Bonchev–Trinajstić information content (AvgIpc) is 2.75. The summed E-state index contributed by atoms with van der Waals surface area (Å²) in [5, 5.41) is 5.19. The maximum absolute atomic E-state index is 6.39. The fraction of sp³-hybridized carbons (Fsp3) is 0.133. The second-order valence-corrected chi connectivity index (χ2v) is 5.77. The van der Waals surface area contributed by atoms with Gasteiger partial charge in [0.15, 0.2) is 0 Å². The van der Waals surface area contributed by atoms with E-state index in [2.05, 4.69) is 31.2 Å². The lowest BCUT2D eigenvalue weighted by Gasteiger charge is -2.08. The quantitative estimate of drug-likeness (QED) is 0.660. The Morgan fingerprint density at radius 2 is 2.05 bits per heavy atom. The number of fused-ring (bicyclic) bond motifs is 1. The molecule has 2 N–H and O–H groups in total. The monoisotopic (exact) mass is 349 g/mol. The van der Waals surface area contributed by atoms with Gasteiger partial charge in [-0.3, -0.25) is 0 Å². The molecule has 3 aromatic rings.